The van der Waals surface area contributed by atoms with Gasteiger partial charge < -0.3 is 20.5 Å². The molecule has 104 valence electrons. The van der Waals surface area contributed by atoms with Crippen molar-refractivity contribution in [2.75, 3.05) is 19.0 Å². The van der Waals surface area contributed by atoms with Crippen LogP contribution in [0.3, 0.4) is 0 Å². The van der Waals surface area contributed by atoms with Crippen LogP contribution in [0.5, 0.6) is 0 Å². The smallest absolute Gasteiger partial charge is 0.334 e. The number of carboxylic acid groups (broad SMARTS) is 1. The Morgan fingerprint density at radius 1 is 1.53 bits per heavy atom. The molecule has 3 N–H and O–H groups in total. The number of amides is 2. The summed E-state index contributed by atoms with van der Waals surface area (Å²) in [6.45, 7) is -0.150. The second kappa shape index (κ2) is 7.32. The summed E-state index contributed by atoms with van der Waals surface area (Å²) in [5.74, 6) is -1.15. The predicted molar refractivity (Wildman–Crippen MR) is 74.6 cm³/mol. The van der Waals surface area contributed by atoms with E-state index in [1.165, 1.54) is 7.11 Å². The van der Waals surface area contributed by atoms with Gasteiger partial charge in [-0.15, -0.1) is 0 Å². The number of carboxylic acids is 1. The SMILES string of the molecule is COC(CNC(=O)Nc1cc(Br)ccc1Cl)C(=O)O. The number of methoxy groups -OCH3 is 1. The van der Waals surface area contributed by atoms with Gasteiger partial charge in [0.2, 0.25) is 0 Å². The van der Waals surface area contributed by atoms with Crippen LogP contribution in [0.1, 0.15) is 0 Å². The van der Waals surface area contributed by atoms with Crippen LogP contribution in [0, 0.1) is 0 Å². The Kier molecular flexibility index (Phi) is 6.07. The van der Waals surface area contributed by atoms with Crippen LogP contribution >= 0.6 is 27.5 Å². The zero-order valence-corrected chi connectivity index (χ0v) is 12.3. The molecule has 1 rings (SSSR count). The fourth-order valence-corrected chi connectivity index (χ4v) is 1.74. The average Bonchev–Trinajstić information content (AvgIpc) is 2.34. The van der Waals surface area contributed by atoms with E-state index >= 15 is 0 Å². The Balaban J connectivity index is 2.56. The first-order valence-corrected chi connectivity index (χ1v) is 6.36. The highest BCUT2D eigenvalue weighted by molar-refractivity contribution is 9.10. The largest absolute Gasteiger partial charge is 0.479 e. The Morgan fingerprint density at radius 2 is 2.21 bits per heavy atom. The van der Waals surface area contributed by atoms with Crippen LogP contribution in [-0.4, -0.2) is 36.9 Å². The maximum absolute atomic E-state index is 11.6. The molecule has 2 amide bonds. The normalized spacial score (nSPS) is 11.7. The number of halogens is 2. The maximum atomic E-state index is 11.6. The average molecular weight is 352 g/mol. The first kappa shape index (κ1) is 15.7. The van der Waals surface area contributed by atoms with Gasteiger partial charge in [-0.1, -0.05) is 27.5 Å². The molecule has 1 aromatic rings. The van der Waals surface area contributed by atoms with E-state index < -0.39 is 18.1 Å². The van der Waals surface area contributed by atoms with E-state index in [9.17, 15) is 9.59 Å². The van der Waals surface area contributed by atoms with Crippen LogP contribution in [0.4, 0.5) is 10.5 Å². The fraction of sp³-hybridized carbons (Fsp3) is 0.273. The summed E-state index contributed by atoms with van der Waals surface area (Å²) in [5, 5.41) is 14.0. The number of aliphatic carboxylic acids is 1. The second-order valence-corrected chi connectivity index (χ2v) is 4.84. The molecule has 0 heterocycles. The summed E-state index contributed by atoms with van der Waals surface area (Å²) in [4.78, 5) is 22.3. The van der Waals surface area contributed by atoms with E-state index in [2.05, 4.69) is 31.3 Å². The molecule has 8 heteroatoms. The van der Waals surface area contributed by atoms with Gasteiger partial charge in [-0.25, -0.2) is 9.59 Å². The molecule has 0 fully saturated rings. The summed E-state index contributed by atoms with van der Waals surface area (Å²) in [6, 6.07) is 4.42. The van der Waals surface area contributed by atoms with Crippen molar-refractivity contribution in [2.45, 2.75) is 6.10 Å². The van der Waals surface area contributed by atoms with Crippen LogP contribution in [0.2, 0.25) is 5.02 Å². The Hall–Kier alpha value is -1.31. The van der Waals surface area contributed by atoms with Gasteiger partial charge in [0.1, 0.15) is 0 Å². The van der Waals surface area contributed by atoms with Crippen LogP contribution in [-0.2, 0) is 9.53 Å². The number of anilines is 1. The third kappa shape index (κ3) is 5.06. The number of carbonyl (C=O) groups excluding carboxylic acids is 1. The zero-order chi connectivity index (χ0) is 14.4. The predicted octanol–water partition coefficient (Wildman–Crippen LogP) is 2.32. The first-order chi connectivity index (χ1) is 8.93. The molecule has 1 aromatic carbocycles. The van der Waals surface area contributed by atoms with E-state index in [4.69, 9.17) is 16.7 Å². The Morgan fingerprint density at radius 3 is 2.79 bits per heavy atom. The number of rotatable bonds is 5. The minimum Gasteiger partial charge on any atom is -0.479 e. The number of hydrogen-bond donors (Lipinski definition) is 3. The minimum absolute atomic E-state index is 0.150. The molecule has 0 bridgehead atoms. The van der Waals surface area contributed by atoms with Gasteiger partial charge in [0.05, 0.1) is 17.3 Å². The number of ether oxygens (including phenoxy) is 1. The van der Waals surface area contributed by atoms with Gasteiger partial charge in [-0.05, 0) is 18.2 Å². The van der Waals surface area contributed by atoms with Crippen molar-refractivity contribution in [3.63, 3.8) is 0 Å². The number of benzene rings is 1. The van der Waals surface area contributed by atoms with Crippen molar-refractivity contribution in [3.8, 4) is 0 Å². The molecular weight excluding hydrogens is 339 g/mol. The Labute approximate surface area is 123 Å². The van der Waals surface area contributed by atoms with Crippen molar-refractivity contribution in [1.29, 1.82) is 0 Å². The molecule has 6 nitrogen and oxygen atoms in total. The zero-order valence-electron chi connectivity index (χ0n) is 9.94. The van der Waals surface area contributed by atoms with E-state index in [1.54, 1.807) is 18.2 Å². The highest BCUT2D eigenvalue weighted by atomic mass is 79.9. The summed E-state index contributed by atoms with van der Waals surface area (Å²) < 4.78 is 5.44. The van der Waals surface area contributed by atoms with Gasteiger partial charge >= 0.3 is 12.0 Å². The van der Waals surface area contributed by atoms with Crippen LogP contribution < -0.4 is 10.6 Å². The third-order valence-electron chi connectivity index (χ3n) is 2.18. The second-order valence-electron chi connectivity index (χ2n) is 3.52. The lowest BCUT2D eigenvalue weighted by Crippen LogP contribution is -2.39. The molecule has 0 saturated carbocycles. The monoisotopic (exact) mass is 350 g/mol. The van der Waals surface area contributed by atoms with Crippen molar-refractivity contribution in [1.82, 2.24) is 5.32 Å². The van der Waals surface area contributed by atoms with Gasteiger partial charge in [-0.3, -0.25) is 0 Å². The standard InChI is InChI=1S/C11H12BrClN2O4/c1-19-9(10(16)17)5-14-11(18)15-8-4-6(12)2-3-7(8)13/h2-4,9H,5H2,1H3,(H,16,17)(H2,14,15,18). The summed E-state index contributed by atoms with van der Waals surface area (Å²) in [6.07, 6.45) is -1.09. The molecule has 0 aliphatic carbocycles. The lowest BCUT2D eigenvalue weighted by Gasteiger charge is -2.13. The molecule has 1 atom stereocenters. The van der Waals surface area contributed by atoms with Crippen molar-refractivity contribution < 1.29 is 19.4 Å². The molecule has 0 aliphatic rings. The molecular formula is C11H12BrClN2O4. The van der Waals surface area contributed by atoms with E-state index in [-0.39, 0.29) is 6.54 Å². The van der Waals surface area contributed by atoms with Gasteiger partial charge in [0, 0.05) is 11.6 Å². The van der Waals surface area contributed by atoms with Gasteiger partial charge in [-0.2, -0.15) is 0 Å². The van der Waals surface area contributed by atoms with Crippen LogP contribution in [0.15, 0.2) is 22.7 Å². The fourth-order valence-electron chi connectivity index (χ4n) is 1.22. The van der Waals surface area contributed by atoms with Gasteiger partial charge in [0.25, 0.3) is 0 Å². The molecule has 0 spiro atoms. The molecule has 1 unspecified atom stereocenters. The highest BCUT2D eigenvalue weighted by Crippen LogP contribution is 2.25. The molecule has 0 radical (unpaired) electrons. The minimum atomic E-state index is -1.15. The number of carbonyl (C=O) groups is 2. The molecule has 0 aliphatic heterocycles. The number of hydrogen-bond acceptors (Lipinski definition) is 3. The molecule has 0 saturated heterocycles. The van der Waals surface area contributed by atoms with Crippen molar-refractivity contribution in [2.24, 2.45) is 0 Å². The first-order valence-electron chi connectivity index (χ1n) is 5.19. The van der Waals surface area contributed by atoms with Crippen molar-refractivity contribution >= 4 is 45.2 Å². The van der Waals surface area contributed by atoms with Crippen LogP contribution in [0.25, 0.3) is 0 Å². The van der Waals surface area contributed by atoms with E-state index in [0.29, 0.717) is 10.7 Å². The number of urea groups is 1. The molecule has 19 heavy (non-hydrogen) atoms. The summed E-state index contributed by atoms with van der Waals surface area (Å²) >= 11 is 9.15. The summed E-state index contributed by atoms with van der Waals surface area (Å²) in [5.41, 5.74) is 0.415. The lowest BCUT2D eigenvalue weighted by molar-refractivity contribution is -0.147. The molecule has 0 aromatic heterocycles. The van der Waals surface area contributed by atoms with Crippen molar-refractivity contribution in [3.05, 3.63) is 27.7 Å². The topological polar surface area (TPSA) is 87.7 Å². The lowest BCUT2D eigenvalue weighted by atomic mass is 10.3. The summed E-state index contributed by atoms with van der Waals surface area (Å²) in [7, 11) is 1.25. The van der Waals surface area contributed by atoms with E-state index in [1.807, 2.05) is 0 Å². The van der Waals surface area contributed by atoms with Gasteiger partial charge in [0.15, 0.2) is 6.10 Å². The number of nitrogens with one attached hydrogen (secondary N) is 2. The Bertz CT molecular complexity index is 484. The third-order valence-corrected chi connectivity index (χ3v) is 3.01. The maximum Gasteiger partial charge on any atom is 0.334 e. The van der Waals surface area contributed by atoms with E-state index in [0.717, 1.165) is 4.47 Å². The highest BCUT2D eigenvalue weighted by Gasteiger charge is 2.17. The quantitative estimate of drug-likeness (QED) is 0.760.